The van der Waals surface area contributed by atoms with Gasteiger partial charge in [0.1, 0.15) is 0 Å². The Morgan fingerprint density at radius 3 is 2.81 bits per heavy atom. The van der Waals surface area contributed by atoms with E-state index in [0.717, 1.165) is 22.2 Å². The van der Waals surface area contributed by atoms with E-state index in [-0.39, 0.29) is 11.2 Å². The molecule has 1 N–H and O–H groups in total. The molecule has 0 radical (unpaired) electrons. The van der Waals surface area contributed by atoms with E-state index in [2.05, 4.69) is 20.5 Å². The van der Waals surface area contributed by atoms with Crippen molar-refractivity contribution >= 4 is 16.7 Å². The van der Waals surface area contributed by atoms with Gasteiger partial charge in [0.25, 0.3) is 5.56 Å². The van der Waals surface area contributed by atoms with Gasteiger partial charge < -0.3 is 4.98 Å². The maximum atomic E-state index is 11.6. The van der Waals surface area contributed by atoms with Crippen LogP contribution in [0.2, 0.25) is 0 Å². The zero-order chi connectivity index (χ0) is 11.3. The second-order valence-electron chi connectivity index (χ2n) is 3.82. The van der Waals surface area contributed by atoms with Crippen LogP contribution in [0.5, 0.6) is 0 Å². The number of nitrogens with zero attached hydrogens (tertiary/aromatic N) is 4. The highest BCUT2D eigenvalue weighted by Crippen LogP contribution is 2.15. The van der Waals surface area contributed by atoms with Crippen molar-refractivity contribution in [2.45, 2.75) is 13.8 Å². The van der Waals surface area contributed by atoms with E-state index in [1.165, 1.54) is 4.52 Å². The summed E-state index contributed by atoms with van der Waals surface area (Å²) in [6, 6.07) is 3.89. The zero-order valence-electron chi connectivity index (χ0n) is 8.85. The molecule has 0 amide bonds. The van der Waals surface area contributed by atoms with E-state index in [1.54, 1.807) is 0 Å². The topological polar surface area (TPSA) is 75.9 Å². The van der Waals surface area contributed by atoms with Crippen molar-refractivity contribution < 1.29 is 0 Å². The number of nitrogens with one attached hydrogen (secondary N) is 1. The van der Waals surface area contributed by atoms with Crippen LogP contribution in [0.4, 0.5) is 0 Å². The Balaban J connectivity index is 2.64. The van der Waals surface area contributed by atoms with Crippen molar-refractivity contribution in [3.05, 3.63) is 33.6 Å². The normalized spacial score (nSPS) is 11.4. The summed E-state index contributed by atoms with van der Waals surface area (Å²) in [5.74, 6) is 0. The molecule has 6 heteroatoms. The molecule has 2 aromatic heterocycles. The molecule has 0 saturated heterocycles. The SMILES string of the molecule is Cc1cc2[nH]c(=O)c3nnnn3c2cc1C. The van der Waals surface area contributed by atoms with Crippen LogP contribution in [0.25, 0.3) is 16.7 Å². The molecule has 3 aromatic rings. The van der Waals surface area contributed by atoms with Gasteiger partial charge in [-0.05, 0) is 47.5 Å². The average Bonchev–Trinajstić information content (AvgIpc) is 2.71. The van der Waals surface area contributed by atoms with Crippen molar-refractivity contribution in [3.8, 4) is 0 Å². The molecule has 0 atom stereocenters. The van der Waals surface area contributed by atoms with Crippen molar-refractivity contribution in [3.63, 3.8) is 0 Å². The fourth-order valence-corrected chi connectivity index (χ4v) is 1.75. The van der Waals surface area contributed by atoms with E-state index in [1.807, 2.05) is 26.0 Å². The molecule has 2 heterocycles. The summed E-state index contributed by atoms with van der Waals surface area (Å²) in [6.45, 7) is 4.01. The molecule has 1 aromatic carbocycles. The maximum Gasteiger partial charge on any atom is 0.295 e. The zero-order valence-corrected chi connectivity index (χ0v) is 8.85. The molecule has 3 rings (SSSR count). The second kappa shape index (κ2) is 2.88. The number of tetrazole rings is 1. The van der Waals surface area contributed by atoms with Gasteiger partial charge in [0.05, 0.1) is 11.0 Å². The summed E-state index contributed by atoms with van der Waals surface area (Å²) in [7, 11) is 0. The summed E-state index contributed by atoms with van der Waals surface area (Å²) >= 11 is 0. The maximum absolute atomic E-state index is 11.6. The number of hydrogen-bond acceptors (Lipinski definition) is 4. The minimum atomic E-state index is -0.277. The monoisotopic (exact) mass is 215 g/mol. The predicted octanol–water partition coefficient (Wildman–Crippen LogP) is 0.583. The van der Waals surface area contributed by atoms with Crippen LogP contribution in [0, 0.1) is 13.8 Å². The van der Waals surface area contributed by atoms with Crippen LogP contribution in [-0.4, -0.2) is 25.0 Å². The fraction of sp³-hybridized carbons (Fsp3) is 0.200. The first-order chi connectivity index (χ1) is 7.66. The van der Waals surface area contributed by atoms with E-state index >= 15 is 0 Å². The number of H-pyrrole nitrogens is 1. The van der Waals surface area contributed by atoms with Crippen LogP contribution in [-0.2, 0) is 0 Å². The molecule has 6 nitrogen and oxygen atoms in total. The van der Waals surface area contributed by atoms with E-state index in [0.29, 0.717) is 0 Å². The Bertz CT molecular complexity index is 755. The number of aromatic nitrogens is 5. The molecule has 0 spiro atoms. The smallest absolute Gasteiger partial charge is 0.295 e. The Labute approximate surface area is 89.9 Å². The molecule has 0 unspecified atom stereocenters. The van der Waals surface area contributed by atoms with E-state index in [4.69, 9.17) is 0 Å². The third-order valence-corrected chi connectivity index (χ3v) is 2.76. The lowest BCUT2D eigenvalue weighted by Gasteiger charge is -2.04. The Morgan fingerprint density at radius 1 is 1.25 bits per heavy atom. The number of hydrogen-bond donors (Lipinski definition) is 1. The van der Waals surface area contributed by atoms with E-state index < -0.39 is 0 Å². The van der Waals surface area contributed by atoms with Crippen LogP contribution in [0.15, 0.2) is 16.9 Å². The van der Waals surface area contributed by atoms with Crippen LogP contribution in [0.3, 0.4) is 0 Å². The lowest BCUT2D eigenvalue weighted by molar-refractivity contribution is 0.840. The lowest BCUT2D eigenvalue weighted by atomic mass is 10.1. The minimum absolute atomic E-state index is 0.218. The van der Waals surface area contributed by atoms with Crippen LogP contribution in [0.1, 0.15) is 11.1 Å². The Morgan fingerprint density at radius 2 is 2.00 bits per heavy atom. The number of rotatable bonds is 0. The minimum Gasteiger partial charge on any atom is -0.317 e. The first-order valence-corrected chi connectivity index (χ1v) is 4.88. The molecule has 0 bridgehead atoms. The van der Waals surface area contributed by atoms with Crippen molar-refractivity contribution in [1.82, 2.24) is 25.0 Å². The second-order valence-corrected chi connectivity index (χ2v) is 3.82. The number of aromatic amines is 1. The van der Waals surface area contributed by atoms with Gasteiger partial charge in [0.2, 0.25) is 5.65 Å². The Kier molecular flexibility index (Phi) is 1.62. The average molecular weight is 215 g/mol. The van der Waals surface area contributed by atoms with Gasteiger partial charge in [0.15, 0.2) is 0 Å². The van der Waals surface area contributed by atoms with Gasteiger partial charge in [-0.2, -0.15) is 4.52 Å². The van der Waals surface area contributed by atoms with E-state index in [9.17, 15) is 4.79 Å². The van der Waals surface area contributed by atoms with Gasteiger partial charge in [0, 0.05) is 0 Å². The highest BCUT2D eigenvalue weighted by atomic mass is 16.1. The molecular formula is C10H9N5O. The summed E-state index contributed by atoms with van der Waals surface area (Å²) in [4.78, 5) is 14.4. The summed E-state index contributed by atoms with van der Waals surface area (Å²) in [5.41, 5.74) is 3.75. The van der Waals surface area contributed by atoms with Crippen LogP contribution >= 0.6 is 0 Å². The third-order valence-electron chi connectivity index (χ3n) is 2.76. The van der Waals surface area contributed by atoms with Crippen molar-refractivity contribution in [1.29, 1.82) is 0 Å². The van der Waals surface area contributed by atoms with Gasteiger partial charge in [-0.3, -0.25) is 4.79 Å². The van der Waals surface area contributed by atoms with Crippen molar-refractivity contribution in [2.75, 3.05) is 0 Å². The number of benzene rings is 1. The molecule has 16 heavy (non-hydrogen) atoms. The Hall–Kier alpha value is -2.24. The quantitative estimate of drug-likeness (QED) is 0.595. The van der Waals surface area contributed by atoms with Crippen LogP contribution < -0.4 is 5.56 Å². The van der Waals surface area contributed by atoms with Gasteiger partial charge in [-0.15, -0.1) is 5.10 Å². The fourth-order valence-electron chi connectivity index (χ4n) is 1.75. The van der Waals surface area contributed by atoms with Gasteiger partial charge in [-0.1, -0.05) is 0 Å². The largest absolute Gasteiger partial charge is 0.317 e. The summed E-state index contributed by atoms with van der Waals surface area (Å²) in [5, 5.41) is 11.0. The molecule has 80 valence electrons. The van der Waals surface area contributed by atoms with Gasteiger partial charge in [-0.25, -0.2) is 0 Å². The third kappa shape index (κ3) is 1.06. The molecule has 0 fully saturated rings. The predicted molar refractivity (Wildman–Crippen MR) is 58.4 cm³/mol. The highest BCUT2D eigenvalue weighted by Gasteiger charge is 2.08. The first kappa shape index (κ1) is 9.02. The highest BCUT2D eigenvalue weighted by molar-refractivity contribution is 5.78. The first-order valence-electron chi connectivity index (χ1n) is 4.88. The van der Waals surface area contributed by atoms with Gasteiger partial charge >= 0.3 is 0 Å². The number of fused-ring (bicyclic) bond motifs is 3. The standard InChI is InChI=1S/C10H9N5O/c1-5-3-7-8(4-6(5)2)15-9(10(16)11-7)12-13-14-15/h3-4H,1-2H3,(H,11,16). The lowest BCUT2D eigenvalue weighted by Crippen LogP contribution is -2.11. The molecule has 0 aliphatic carbocycles. The molecule has 0 aliphatic rings. The summed E-state index contributed by atoms with van der Waals surface area (Å²) < 4.78 is 1.46. The van der Waals surface area contributed by atoms with Crippen molar-refractivity contribution in [2.24, 2.45) is 0 Å². The number of aryl methyl sites for hydroxylation is 2. The molecular weight excluding hydrogens is 206 g/mol. The molecule has 0 saturated carbocycles. The molecule has 0 aliphatic heterocycles. The summed E-state index contributed by atoms with van der Waals surface area (Å²) in [6.07, 6.45) is 0.